The van der Waals surface area contributed by atoms with Gasteiger partial charge >= 0.3 is 0 Å². The highest BCUT2D eigenvalue weighted by molar-refractivity contribution is 8.13. The van der Waals surface area contributed by atoms with Gasteiger partial charge in [-0.05, 0) is 18.3 Å². The van der Waals surface area contributed by atoms with Crippen molar-refractivity contribution in [1.29, 1.82) is 0 Å². The van der Waals surface area contributed by atoms with Crippen molar-refractivity contribution < 1.29 is 8.42 Å². The average Bonchev–Trinajstić information content (AvgIpc) is 1.77. The third kappa shape index (κ3) is 2.49. The van der Waals surface area contributed by atoms with Gasteiger partial charge in [0.2, 0.25) is 9.05 Å². The Morgan fingerprint density at radius 3 is 2.00 bits per heavy atom. The quantitative estimate of drug-likeness (QED) is 0.535. The van der Waals surface area contributed by atoms with Crippen LogP contribution in [-0.2, 0) is 9.05 Å². The van der Waals surface area contributed by atoms with Gasteiger partial charge in [0.15, 0.2) is 0 Å². The van der Waals surface area contributed by atoms with Crippen LogP contribution in [0.5, 0.6) is 0 Å². The van der Waals surface area contributed by atoms with Crippen LogP contribution < -0.4 is 0 Å². The van der Waals surface area contributed by atoms with E-state index in [0.29, 0.717) is 5.88 Å². The highest BCUT2D eigenvalue weighted by Crippen LogP contribution is 2.43. The molecule has 0 radical (unpaired) electrons. The van der Waals surface area contributed by atoms with Gasteiger partial charge in [-0.3, -0.25) is 0 Å². The van der Waals surface area contributed by atoms with Crippen LogP contribution in [0, 0.1) is 5.41 Å². The summed E-state index contributed by atoms with van der Waals surface area (Å²) in [7, 11) is 1.76. The summed E-state index contributed by atoms with van der Waals surface area (Å²) in [6, 6.07) is 0. The Hall–Kier alpha value is 0.530. The Kier molecular flexibility index (Phi) is 2.72. The van der Waals surface area contributed by atoms with Crippen LogP contribution >= 0.6 is 22.3 Å². The summed E-state index contributed by atoms with van der Waals surface area (Å²) >= 11 is 5.64. The lowest BCUT2D eigenvalue weighted by Gasteiger charge is -2.38. The predicted molar refractivity (Wildman–Crippen MR) is 46.6 cm³/mol. The van der Waals surface area contributed by atoms with Crippen LogP contribution in [-0.4, -0.2) is 20.1 Å². The van der Waals surface area contributed by atoms with Gasteiger partial charge in [0.1, 0.15) is 0 Å². The minimum Gasteiger partial charge on any atom is -0.212 e. The number of rotatable bonds is 3. The van der Waals surface area contributed by atoms with Crippen LogP contribution in [0.3, 0.4) is 0 Å². The van der Waals surface area contributed by atoms with Crippen molar-refractivity contribution in [3.8, 4) is 0 Å². The molecule has 0 aliphatic heterocycles. The van der Waals surface area contributed by atoms with E-state index in [2.05, 4.69) is 0 Å². The Balaban J connectivity index is 2.59. The van der Waals surface area contributed by atoms with E-state index in [-0.39, 0.29) is 11.2 Å². The molecule has 0 saturated heterocycles. The van der Waals surface area contributed by atoms with Gasteiger partial charge in [0.25, 0.3) is 0 Å². The first kappa shape index (κ1) is 9.62. The average molecular weight is 217 g/mol. The molecular formula is C6H10Cl2O2S. The number of hydrogen-bond acceptors (Lipinski definition) is 2. The minimum atomic E-state index is -3.37. The van der Waals surface area contributed by atoms with E-state index in [9.17, 15) is 8.42 Å². The summed E-state index contributed by atoms with van der Waals surface area (Å²) < 4.78 is 21.4. The summed E-state index contributed by atoms with van der Waals surface area (Å²) in [4.78, 5) is 0. The normalized spacial score (nSPS) is 22.7. The van der Waals surface area contributed by atoms with Crippen LogP contribution in [0.1, 0.15) is 19.3 Å². The van der Waals surface area contributed by atoms with Crippen molar-refractivity contribution in [3.05, 3.63) is 0 Å². The molecule has 0 N–H and O–H groups in total. The SMILES string of the molecule is O=S(=O)(Cl)CC1(CCl)CCC1. The predicted octanol–water partition coefficient (Wildman–Crippen LogP) is 1.96. The second-order valence-electron chi connectivity index (χ2n) is 3.17. The Bertz CT molecular complexity index is 225. The summed E-state index contributed by atoms with van der Waals surface area (Å²) in [5.74, 6) is 0.435. The van der Waals surface area contributed by atoms with Crippen molar-refractivity contribution in [1.82, 2.24) is 0 Å². The first-order chi connectivity index (χ1) is 4.97. The lowest BCUT2D eigenvalue weighted by Crippen LogP contribution is -2.37. The third-order valence-electron chi connectivity index (χ3n) is 2.18. The van der Waals surface area contributed by atoms with Gasteiger partial charge in [-0.15, -0.1) is 11.6 Å². The lowest BCUT2D eigenvalue weighted by atomic mass is 9.72. The third-order valence-corrected chi connectivity index (χ3v) is 4.03. The summed E-state index contributed by atoms with van der Waals surface area (Å²) in [5.41, 5.74) is -0.206. The zero-order valence-electron chi connectivity index (χ0n) is 6.02. The molecule has 0 bridgehead atoms. The van der Waals surface area contributed by atoms with Crippen molar-refractivity contribution in [2.45, 2.75) is 19.3 Å². The Labute approximate surface area is 76.3 Å². The molecule has 1 rings (SSSR count). The minimum absolute atomic E-state index is 0.0328. The molecule has 0 aromatic carbocycles. The highest BCUT2D eigenvalue weighted by atomic mass is 35.7. The summed E-state index contributed by atoms with van der Waals surface area (Å²) in [6.07, 6.45) is 2.85. The summed E-state index contributed by atoms with van der Waals surface area (Å²) in [6.45, 7) is 0. The molecular weight excluding hydrogens is 207 g/mol. The van der Waals surface area contributed by atoms with E-state index in [1.165, 1.54) is 0 Å². The van der Waals surface area contributed by atoms with Crippen molar-refractivity contribution in [2.24, 2.45) is 5.41 Å². The molecule has 0 spiro atoms. The maximum absolute atomic E-state index is 10.7. The van der Waals surface area contributed by atoms with Gasteiger partial charge in [-0.2, -0.15) is 0 Å². The second kappa shape index (κ2) is 3.11. The van der Waals surface area contributed by atoms with Crippen LogP contribution in [0.25, 0.3) is 0 Å². The largest absolute Gasteiger partial charge is 0.233 e. The van der Waals surface area contributed by atoms with E-state index < -0.39 is 9.05 Å². The number of hydrogen-bond donors (Lipinski definition) is 0. The molecule has 11 heavy (non-hydrogen) atoms. The fraction of sp³-hybridized carbons (Fsp3) is 1.00. The molecule has 0 aromatic heterocycles. The fourth-order valence-electron chi connectivity index (χ4n) is 1.36. The van der Waals surface area contributed by atoms with Gasteiger partial charge in [-0.25, -0.2) is 8.42 Å². The molecule has 0 heterocycles. The Morgan fingerprint density at radius 1 is 1.36 bits per heavy atom. The molecule has 0 aromatic rings. The highest BCUT2D eigenvalue weighted by Gasteiger charge is 2.39. The van der Waals surface area contributed by atoms with E-state index in [1.807, 2.05) is 0 Å². The van der Waals surface area contributed by atoms with Crippen molar-refractivity contribution in [2.75, 3.05) is 11.6 Å². The van der Waals surface area contributed by atoms with E-state index >= 15 is 0 Å². The van der Waals surface area contributed by atoms with E-state index in [4.69, 9.17) is 22.3 Å². The molecule has 0 atom stereocenters. The molecule has 5 heteroatoms. The van der Waals surface area contributed by atoms with E-state index in [1.54, 1.807) is 0 Å². The summed E-state index contributed by atoms with van der Waals surface area (Å²) in [5, 5.41) is 0. The van der Waals surface area contributed by atoms with Gasteiger partial charge < -0.3 is 0 Å². The zero-order valence-corrected chi connectivity index (χ0v) is 8.34. The Morgan fingerprint density at radius 2 is 1.91 bits per heavy atom. The first-order valence-corrected chi connectivity index (χ1v) is 6.47. The zero-order chi connectivity index (χ0) is 8.54. The maximum atomic E-state index is 10.7. The smallest absolute Gasteiger partial charge is 0.212 e. The molecule has 66 valence electrons. The molecule has 2 nitrogen and oxygen atoms in total. The lowest BCUT2D eigenvalue weighted by molar-refractivity contribution is 0.200. The molecule has 0 unspecified atom stereocenters. The van der Waals surface area contributed by atoms with Crippen LogP contribution in [0.2, 0.25) is 0 Å². The number of halogens is 2. The molecule has 1 fully saturated rings. The van der Waals surface area contributed by atoms with Crippen molar-refractivity contribution >= 4 is 31.3 Å². The van der Waals surface area contributed by atoms with Crippen LogP contribution in [0.15, 0.2) is 0 Å². The molecule has 1 aliphatic rings. The van der Waals surface area contributed by atoms with Gasteiger partial charge in [0.05, 0.1) is 5.75 Å². The first-order valence-electron chi connectivity index (χ1n) is 3.46. The topological polar surface area (TPSA) is 34.1 Å². The second-order valence-corrected chi connectivity index (χ2v) is 6.21. The van der Waals surface area contributed by atoms with E-state index in [0.717, 1.165) is 19.3 Å². The van der Waals surface area contributed by atoms with Gasteiger partial charge in [0, 0.05) is 16.6 Å². The standard InChI is InChI=1S/C6H10Cl2O2S/c7-4-6(2-1-3-6)5-11(8,9)10/h1-5H2. The van der Waals surface area contributed by atoms with Crippen LogP contribution in [0.4, 0.5) is 0 Å². The van der Waals surface area contributed by atoms with Crippen molar-refractivity contribution in [3.63, 3.8) is 0 Å². The molecule has 1 aliphatic carbocycles. The fourth-order valence-corrected chi connectivity index (χ4v) is 3.65. The number of alkyl halides is 1. The van der Waals surface area contributed by atoms with Gasteiger partial charge in [-0.1, -0.05) is 6.42 Å². The molecule has 0 amide bonds. The molecule has 1 saturated carbocycles. The monoisotopic (exact) mass is 216 g/mol. The maximum Gasteiger partial charge on any atom is 0.233 e.